The topological polar surface area (TPSA) is 42.1 Å². The lowest BCUT2D eigenvalue weighted by Crippen LogP contribution is -2.21. The number of anilines is 2. The third kappa shape index (κ3) is 1.97. The van der Waals surface area contributed by atoms with Gasteiger partial charge in [-0.2, -0.15) is 4.39 Å². The monoisotopic (exact) mass is 233 g/mol. The van der Waals surface area contributed by atoms with Gasteiger partial charge in [-0.1, -0.05) is 11.6 Å². The van der Waals surface area contributed by atoms with Crippen LogP contribution in [0.25, 0.3) is 0 Å². The predicted octanol–water partition coefficient (Wildman–Crippen LogP) is 2.00. The van der Waals surface area contributed by atoms with Crippen molar-refractivity contribution in [3.8, 4) is 0 Å². The van der Waals surface area contributed by atoms with Gasteiger partial charge in [0.1, 0.15) is 17.0 Å². The number of hydrogen-bond acceptors (Lipinski definition) is 3. The van der Waals surface area contributed by atoms with E-state index in [0.29, 0.717) is 18.8 Å². The first-order valence-electron chi connectivity index (χ1n) is 4.58. The normalized spacial score (nSPS) is 21.0. The number of rotatable bonds is 1. The van der Waals surface area contributed by atoms with Crippen LogP contribution in [0.4, 0.5) is 20.3 Å². The molecule has 0 aliphatic carbocycles. The van der Waals surface area contributed by atoms with Crippen molar-refractivity contribution in [2.24, 2.45) is 0 Å². The second-order valence-electron chi connectivity index (χ2n) is 3.51. The van der Waals surface area contributed by atoms with Crippen LogP contribution in [0, 0.1) is 5.95 Å². The fourth-order valence-corrected chi connectivity index (χ4v) is 1.69. The molecule has 1 fully saturated rings. The lowest BCUT2D eigenvalue weighted by atomic mass is 10.3. The maximum atomic E-state index is 13.1. The molecule has 0 radical (unpaired) electrons. The number of aromatic nitrogens is 1. The van der Waals surface area contributed by atoms with E-state index in [1.165, 1.54) is 6.07 Å². The molecule has 3 nitrogen and oxygen atoms in total. The van der Waals surface area contributed by atoms with Gasteiger partial charge < -0.3 is 10.6 Å². The molecule has 2 rings (SSSR count). The molecule has 1 aliphatic rings. The molecule has 0 saturated carbocycles. The zero-order chi connectivity index (χ0) is 11.0. The van der Waals surface area contributed by atoms with Gasteiger partial charge in [0, 0.05) is 12.6 Å². The van der Waals surface area contributed by atoms with Crippen molar-refractivity contribution >= 4 is 23.1 Å². The average molecular weight is 234 g/mol. The van der Waals surface area contributed by atoms with E-state index in [2.05, 4.69) is 4.98 Å². The van der Waals surface area contributed by atoms with Crippen LogP contribution in [0.5, 0.6) is 0 Å². The Balaban J connectivity index is 2.29. The molecular formula is C9H10ClF2N3. The van der Waals surface area contributed by atoms with Crippen LogP contribution >= 0.6 is 11.6 Å². The van der Waals surface area contributed by atoms with Crippen LogP contribution in [0.2, 0.25) is 5.02 Å². The summed E-state index contributed by atoms with van der Waals surface area (Å²) in [6, 6.07) is 1.46. The molecule has 1 aromatic rings. The highest BCUT2D eigenvalue weighted by molar-refractivity contribution is 6.33. The molecule has 1 atom stereocenters. The van der Waals surface area contributed by atoms with Gasteiger partial charge in [0.25, 0.3) is 0 Å². The van der Waals surface area contributed by atoms with Crippen molar-refractivity contribution in [3.63, 3.8) is 0 Å². The van der Waals surface area contributed by atoms with Gasteiger partial charge in [0.15, 0.2) is 0 Å². The van der Waals surface area contributed by atoms with Crippen LogP contribution in [0.1, 0.15) is 6.42 Å². The number of alkyl halides is 1. The standard InChI is InChI=1S/C9H10ClF2N3/c10-8-6(13)3-7(14-9(8)12)15-2-1-5(11)4-15/h3,5H,1-2,4H2,(H2,13,14). The van der Waals surface area contributed by atoms with Crippen LogP contribution in [-0.4, -0.2) is 24.2 Å². The smallest absolute Gasteiger partial charge is 0.235 e. The molecule has 1 aromatic heterocycles. The first-order chi connectivity index (χ1) is 7.08. The molecule has 2 N–H and O–H groups in total. The number of nitrogens with zero attached hydrogens (tertiary/aromatic N) is 2. The Labute approximate surface area is 90.8 Å². The molecule has 0 bridgehead atoms. The zero-order valence-electron chi connectivity index (χ0n) is 7.88. The van der Waals surface area contributed by atoms with Crippen LogP contribution in [-0.2, 0) is 0 Å². The van der Waals surface area contributed by atoms with Gasteiger partial charge in [0.05, 0.1) is 12.2 Å². The van der Waals surface area contributed by atoms with Crippen LogP contribution in [0.3, 0.4) is 0 Å². The minimum atomic E-state index is -0.883. The summed E-state index contributed by atoms with van der Waals surface area (Å²) in [5.41, 5.74) is 5.62. The molecular weight excluding hydrogens is 224 g/mol. The Morgan fingerprint density at radius 1 is 1.60 bits per heavy atom. The summed E-state index contributed by atoms with van der Waals surface area (Å²) in [6.07, 6.45) is -0.446. The summed E-state index contributed by atoms with van der Waals surface area (Å²) >= 11 is 5.53. The average Bonchev–Trinajstić information content (AvgIpc) is 2.60. The van der Waals surface area contributed by atoms with Gasteiger partial charge in [-0.15, -0.1) is 0 Å². The van der Waals surface area contributed by atoms with Gasteiger partial charge in [-0.25, -0.2) is 9.37 Å². The summed E-state index contributed by atoms with van der Waals surface area (Å²) in [7, 11) is 0. The summed E-state index contributed by atoms with van der Waals surface area (Å²) in [5, 5.41) is -0.185. The molecule has 2 heterocycles. The van der Waals surface area contributed by atoms with Crippen molar-refractivity contribution in [1.82, 2.24) is 4.98 Å². The van der Waals surface area contributed by atoms with Crippen molar-refractivity contribution in [3.05, 3.63) is 17.0 Å². The Bertz CT molecular complexity index is 363. The highest BCUT2D eigenvalue weighted by atomic mass is 35.5. The summed E-state index contributed by atoms with van der Waals surface area (Å²) in [6.45, 7) is 0.752. The number of hydrogen-bond donors (Lipinski definition) is 1. The van der Waals surface area contributed by atoms with Crippen LogP contribution < -0.4 is 10.6 Å². The molecule has 6 heteroatoms. The van der Waals surface area contributed by atoms with E-state index >= 15 is 0 Å². The summed E-state index contributed by atoms with van der Waals surface area (Å²) in [5.74, 6) is -0.469. The molecule has 1 unspecified atom stereocenters. The maximum absolute atomic E-state index is 13.1. The largest absolute Gasteiger partial charge is 0.397 e. The summed E-state index contributed by atoms with van der Waals surface area (Å²) in [4.78, 5) is 5.28. The van der Waals surface area contributed by atoms with Crippen molar-refractivity contribution < 1.29 is 8.78 Å². The lowest BCUT2D eigenvalue weighted by Gasteiger charge is -2.16. The molecule has 1 aliphatic heterocycles. The third-order valence-electron chi connectivity index (χ3n) is 2.39. The fraction of sp³-hybridized carbons (Fsp3) is 0.444. The number of halogens is 3. The highest BCUT2D eigenvalue weighted by Gasteiger charge is 2.24. The van der Waals surface area contributed by atoms with E-state index < -0.39 is 12.1 Å². The first kappa shape index (κ1) is 10.4. The lowest BCUT2D eigenvalue weighted by molar-refractivity contribution is 0.364. The van der Waals surface area contributed by atoms with E-state index in [-0.39, 0.29) is 17.3 Å². The Hall–Kier alpha value is -1.10. The van der Waals surface area contributed by atoms with E-state index in [9.17, 15) is 8.78 Å². The fourth-order valence-electron chi connectivity index (χ4n) is 1.59. The quantitative estimate of drug-likeness (QED) is 0.755. The Kier molecular flexibility index (Phi) is 2.65. The Morgan fingerprint density at radius 2 is 2.33 bits per heavy atom. The van der Waals surface area contributed by atoms with Gasteiger partial charge in [-0.05, 0) is 6.42 Å². The minimum absolute atomic E-state index is 0.126. The molecule has 0 spiro atoms. The number of nitrogens with two attached hydrogens (primary N) is 1. The third-order valence-corrected chi connectivity index (χ3v) is 2.76. The number of nitrogen functional groups attached to an aromatic ring is 1. The Morgan fingerprint density at radius 3 is 2.87 bits per heavy atom. The molecule has 0 aromatic carbocycles. The summed E-state index contributed by atoms with van der Waals surface area (Å²) < 4.78 is 26.1. The maximum Gasteiger partial charge on any atom is 0.235 e. The first-order valence-corrected chi connectivity index (χ1v) is 4.96. The molecule has 82 valence electrons. The second kappa shape index (κ2) is 3.81. The SMILES string of the molecule is Nc1cc(N2CCC(F)C2)nc(F)c1Cl. The van der Waals surface area contributed by atoms with Gasteiger partial charge in [-0.3, -0.25) is 0 Å². The predicted molar refractivity (Wildman–Crippen MR) is 55.3 cm³/mol. The van der Waals surface area contributed by atoms with E-state index in [1.807, 2.05) is 0 Å². The van der Waals surface area contributed by atoms with Crippen molar-refractivity contribution in [2.45, 2.75) is 12.6 Å². The zero-order valence-corrected chi connectivity index (χ0v) is 8.64. The number of pyridine rings is 1. The second-order valence-corrected chi connectivity index (χ2v) is 3.88. The van der Waals surface area contributed by atoms with Gasteiger partial charge >= 0.3 is 0 Å². The highest BCUT2D eigenvalue weighted by Crippen LogP contribution is 2.27. The van der Waals surface area contributed by atoms with E-state index in [0.717, 1.165) is 0 Å². The van der Waals surface area contributed by atoms with Crippen molar-refractivity contribution in [2.75, 3.05) is 23.7 Å². The minimum Gasteiger partial charge on any atom is -0.397 e. The molecule has 15 heavy (non-hydrogen) atoms. The molecule has 0 amide bonds. The van der Waals surface area contributed by atoms with Gasteiger partial charge in [0.2, 0.25) is 5.95 Å². The van der Waals surface area contributed by atoms with E-state index in [1.54, 1.807) is 4.90 Å². The van der Waals surface area contributed by atoms with E-state index in [4.69, 9.17) is 17.3 Å². The molecule has 1 saturated heterocycles. The van der Waals surface area contributed by atoms with Crippen molar-refractivity contribution in [1.29, 1.82) is 0 Å². The van der Waals surface area contributed by atoms with Crippen LogP contribution in [0.15, 0.2) is 6.07 Å².